The summed E-state index contributed by atoms with van der Waals surface area (Å²) in [5.74, 6) is 0.0144. The lowest BCUT2D eigenvalue weighted by molar-refractivity contribution is -0.142. The van der Waals surface area contributed by atoms with Crippen LogP contribution in [0.4, 0.5) is 0 Å². The molecule has 0 heterocycles. The van der Waals surface area contributed by atoms with E-state index in [-0.39, 0.29) is 30.4 Å². The van der Waals surface area contributed by atoms with Crippen molar-refractivity contribution in [2.24, 2.45) is 0 Å². The van der Waals surface area contributed by atoms with Crippen molar-refractivity contribution in [1.82, 2.24) is 10.2 Å². The molecule has 5 nitrogen and oxygen atoms in total. The van der Waals surface area contributed by atoms with E-state index in [0.717, 1.165) is 0 Å². The molecule has 33 heavy (non-hydrogen) atoms. The van der Waals surface area contributed by atoms with Crippen LogP contribution in [0.15, 0.2) is 42.5 Å². The van der Waals surface area contributed by atoms with Crippen LogP contribution in [0.3, 0.4) is 0 Å². The van der Waals surface area contributed by atoms with E-state index in [9.17, 15) is 9.59 Å². The third-order valence-corrected chi connectivity index (χ3v) is 5.69. The van der Waals surface area contributed by atoms with Crippen LogP contribution in [0.2, 0.25) is 10.0 Å². The van der Waals surface area contributed by atoms with E-state index in [1.807, 2.05) is 45.0 Å². The number of amides is 2. The quantitative estimate of drug-likeness (QED) is 0.515. The van der Waals surface area contributed by atoms with Gasteiger partial charge in [0.25, 0.3) is 5.91 Å². The number of hydrogen-bond acceptors (Lipinski definition) is 3. The van der Waals surface area contributed by atoms with E-state index in [1.54, 1.807) is 25.1 Å². The lowest BCUT2D eigenvalue weighted by Crippen LogP contribution is -2.53. The van der Waals surface area contributed by atoms with Crippen molar-refractivity contribution in [2.75, 3.05) is 6.61 Å². The van der Waals surface area contributed by atoms with Gasteiger partial charge < -0.3 is 15.0 Å². The largest absolute Gasteiger partial charge is 0.484 e. The average molecular weight is 493 g/mol. The molecule has 0 bridgehead atoms. The summed E-state index contributed by atoms with van der Waals surface area (Å²) in [6.45, 7) is 13.7. The summed E-state index contributed by atoms with van der Waals surface area (Å²) in [5.41, 5.74) is 1.47. The lowest BCUT2D eigenvalue weighted by atomic mass is 9.87. The number of halogens is 2. The standard InChI is InChI=1S/C26H34Cl2N2O3/c1-17(24(32)29-26(5,6)7)30(15-18-8-11-20(27)14-22(18)28)23(31)16-33-21-12-9-19(10-13-21)25(2,3)4/h8-14,17H,15-16H2,1-7H3,(H,29,32)/t17-/m1/s1. The van der Waals surface area contributed by atoms with E-state index < -0.39 is 11.6 Å². The molecular formula is C26H34Cl2N2O3. The Balaban J connectivity index is 2.20. The molecule has 0 aromatic heterocycles. The van der Waals surface area contributed by atoms with Gasteiger partial charge in [0.15, 0.2) is 6.61 Å². The molecule has 0 saturated carbocycles. The second-order valence-corrected chi connectivity index (χ2v) is 11.1. The second kappa shape index (κ2) is 10.8. The van der Waals surface area contributed by atoms with Crippen LogP contribution in [0.25, 0.3) is 0 Å². The molecule has 180 valence electrons. The first-order valence-corrected chi connectivity index (χ1v) is 11.7. The fraction of sp³-hybridized carbons (Fsp3) is 0.462. The zero-order valence-corrected chi connectivity index (χ0v) is 22.0. The topological polar surface area (TPSA) is 58.6 Å². The highest BCUT2D eigenvalue weighted by Crippen LogP contribution is 2.25. The minimum atomic E-state index is -0.727. The number of benzene rings is 2. The van der Waals surface area contributed by atoms with Crippen molar-refractivity contribution in [3.8, 4) is 5.75 Å². The maximum Gasteiger partial charge on any atom is 0.261 e. The van der Waals surface area contributed by atoms with Gasteiger partial charge in [0, 0.05) is 22.1 Å². The minimum Gasteiger partial charge on any atom is -0.484 e. The van der Waals surface area contributed by atoms with Crippen molar-refractivity contribution < 1.29 is 14.3 Å². The highest BCUT2D eigenvalue weighted by molar-refractivity contribution is 6.35. The lowest BCUT2D eigenvalue weighted by Gasteiger charge is -2.31. The fourth-order valence-corrected chi connectivity index (χ4v) is 3.64. The molecule has 2 aromatic carbocycles. The van der Waals surface area contributed by atoms with Crippen LogP contribution >= 0.6 is 23.2 Å². The maximum atomic E-state index is 13.2. The SMILES string of the molecule is C[C@H](C(=O)NC(C)(C)C)N(Cc1ccc(Cl)cc1Cl)C(=O)COc1ccc(C(C)(C)C)cc1. The van der Waals surface area contributed by atoms with Crippen molar-refractivity contribution in [3.05, 3.63) is 63.6 Å². The number of hydrogen-bond donors (Lipinski definition) is 1. The molecule has 0 saturated heterocycles. The van der Waals surface area contributed by atoms with Gasteiger partial charge in [-0.05, 0) is 68.5 Å². The number of rotatable bonds is 7. The summed E-state index contributed by atoms with van der Waals surface area (Å²) in [6, 6.07) is 12.0. The molecular weight excluding hydrogens is 459 g/mol. The molecule has 0 radical (unpaired) electrons. The Morgan fingerprint density at radius 2 is 1.61 bits per heavy atom. The van der Waals surface area contributed by atoms with Crippen LogP contribution in [-0.2, 0) is 21.5 Å². The summed E-state index contributed by atoms with van der Waals surface area (Å²) < 4.78 is 5.76. The summed E-state index contributed by atoms with van der Waals surface area (Å²) in [5, 5.41) is 3.86. The Hall–Kier alpha value is -2.24. The van der Waals surface area contributed by atoms with Gasteiger partial charge in [-0.1, -0.05) is 62.2 Å². The summed E-state index contributed by atoms with van der Waals surface area (Å²) >= 11 is 12.3. The molecule has 0 aliphatic heterocycles. The van der Waals surface area contributed by atoms with Crippen LogP contribution in [0.1, 0.15) is 59.6 Å². The summed E-state index contributed by atoms with van der Waals surface area (Å²) in [7, 11) is 0. The van der Waals surface area contributed by atoms with E-state index in [4.69, 9.17) is 27.9 Å². The molecule has 0 aliphatic rings. The van der Waals surface area contributed by atoms with Gasteiger partial charge in [0.05, 0.1) is 0 Å². The smallest absolute Gasteiger partial charge is 0.261 e. The van der Waals surface area contributed by atoms with Gasteiger partial charge in [0.1, 0.15) is 11.8 Å². The number of ether oxygens (including phenoxy) is 1. The Bertz CT molecular complexity index is 977. The first-order valence-electron chi connectivity index (χ1n) is 11.0. The van der Waals surface area contributed by atoms with Gasteiger partial charge in [0.2, 0.25) is 5.91 Å². The van der Waals surface area contributed by atoms with Gasteiger partial charge in [-0.15, -0.1) is 0 Å². The highest BCUT2D eigenvalue weighted by atomic mass is 35.5. The molecule has 0 aliphatic carbocycles. The van der Waals surface area contributed by atoms with E-state index in [0.29, 0.717) is 21.4 Å². The highest BCUT2D eigenvalue weighted by Gasteiger charge is 2.29. The normalized spacial score (nSPS) is 12.8. The van der Waals surface area contributed by atoms with E-state index in [2.05, 4.69) is 26.1 Å². The number of carbonyl (C=O) groups is 2. The molecule has 2 aromatic rings. The summed E-state index contributed by atoms with van der Waals surface area (Å²) in [4.78, 5) is 27.5. The zero-order chi connectivity index (χ0) is 25.0. The van der Waals surface area contributed by atoms with Crippen molar-refractivity contribution >= 4 is 35.0 Å². The van der Waals surface area contributed by atoms with E-state index >= 15 is 0 Å². The first kappa shape index (κ1) is 27.0. The molecule has 0 unspecified atom stereocenters. The Morgan fingerprint density at radius 1 is 1.00 bits per heavy atom. The van der Waals surface area contributed by atoms with Crippen LogP contribution < -0.4 is 10.1 Å². The van der Waals surface area contributed by atoms with Crippen molar-refractivity contribution in [2.45, 2.75) is 72.0 Å². The second-order valence-electron chi connectivity index (χ2n) is 10.2. The molecule has 2 rings (SSSR count). The van der Waals surface area contributed by atoms with Crippen LogP contribution in [0.5, 0.6) is 5.75 Å². The first-order chi connectivity index (χ1) is 15.2. The molecule has 1 atom stereocenters. The number of nitrogens with one attached hydrogen (secondary N) is 1. The Morgan fingerprint density at radius 3 is 2.12 bits per heavy atom. The molecule has 2 amide bonds. The molecule has 0 fully saturated rings. The third kappa shape index (κ3) is 8.24. The maximum absolute atomic E-state index is 13.2. The number of nitrogens with zero attached hydrogens (tertiary/aromatic N) is 1. The van der Waals surface area contributed by atoms with Gasteiger partial charge >= 0.3 is 0 Å². The van der Waals surface area contributed by atoms with Gasteiger partial charge in [-0.3, -0.25) is 9.59 Å². The van der Waals surface area contributed by atoms with Crippen LogP contribution in [0, 0.1) is 0 Å². The van der Waals surface area contributed by atoms with Crippen molar-refractivity contribution in [3.63, 3.8) is 0 Å². The van der Waals surface area contributed by atoms with Crippen molar-refractivity contribution in [1.29, 1.82) is 0 Å². The summed E-state index contributed by atoms with van der Waals surface area (Å²) in [6.07, 6.45) is 0. The Kier molecular flexibility index (Phi) is 8.83. The van der Waals surface area contributed by atoms with Gasteiger partial charge in [-0.2, -0.15) is 0 Å². The monoisotopic (exact) mass is 492 g/mol. The zero-order valence-electron chi connectivity index (χ0n) is 20.5. The van der Waals surface area contributed by atoms with E-state index in [1.165, 1.54) is 10.5 Å². The minimum absolute atomic E-state index is 0.0266. The predicted octanol–water partition coefficient (Wildman–Crippen LogP) is 6.00. The molecule has 0 spiro atoms. The Labute approximate surface area is 207 Å². The molecule has 7 heteroatoms. The predicted molar refractivity (Wildman–Crippen MR) is 135 cm³/mol. The van der Waals surface area contributed by atoms with Crippen LogP contribution in [-0.4, -0.2) is 34.9 Å². The third-order valence-electron chi connectivity index (χ3n) is 5.10. The number of carbonyl (C=O) groups excluding carboxylic acids is 2. The fourth-order valence-electron chi connectivity index (χ4n) is 3.17. The molecule has 1 N–H and O–H groups in total. The average Bonchev–Trinajstić information content (AvgIpc) is 2.69. The van der Waals surface area contributed by atoms with Gasteiger partial charge in [-0.25, -0.2) is 0 Å².